The van der Waals surface area contributed by atoms with Crippen LogP contribution in [-0.4, -0.2) is 17.7 Å². The lowest BCUT2D eigenvalue weighted by molar-refractivity contribution is -0.122. The molecule has 2 rings (SSSR count). The Balaban J connectivity index is 2.06. The summed E-state index contributed by atoms with van der Waals surface area (Å²) in [6.07, 6.45) is 1.47. The average Bonchev–Trinajstić information content (AvgIpc) is 2.60. The summed E-state index contributed by atoms with van der Waals surface area (Å²) in [5.74, 6) is -2.22. The highest BCUT2D eigenvalue weighted by molar-refractivity contribution is 6.02. The Morgan fingerprint density at radius 1 is 0.920 bits per heavy atom. The summed E-state index contributed by atoms with van der Waals surface area (Å²) < 4.78 is 12.8. The van der Waals surface area contributed by atoms with Gasteiger partial charge in [-0.25, -0.2) is 4.39 Å². The van der Waals surface area contributed by atoms with Crippen molar-refractivity contribution in [3.8, 4) is 0 Å². The molecule has 0 heterocycles. The van der Waals surface area contributed by atoms with Gasteiger partial charge in [0.1, 0.15) is 11.5 Å². The van der Waals surface area contributed by atoms with Gasteiger partial charge in [0.15, 0.2) is 0 Å². The third kappa shape index (κ3) is 5.58. The fourth-order valence-electron chi connectivity index (χ4n) is 1.92. The molecule has 128 valence electrons. The second-order valence-corrected chi connectivity index (χ2v) is 5.07. The van der Waals surface area contributed by atoms with Crippen LogP contribution in [0.1, 0.15) is 22.8 Å². The number of carbonyl (C=O) groups excluding carboxylic acids is 3. The van der Waals surface area contributed by atoms with E-state index in [1.54, 1.807) is 24.3 Å². The van der Waals surface area contributed by atoms with Gasteiger partial charge in [0.2, 0.25) is 5.91 Å². The molecule has 0 saturated heterocycles. The smallest absolute Gasteiger partial charge is 0.286 e. The first-order valence-electron chi connectivity index (χ1n) is 7.36. The van der Waals surface area contributed by atoms with Crippen molar-refractivity contribution in [2.75, 3.05) is 0 Å². The van der Waals surface area contributed by atoms with Crippen LogP contribution >= 0.6 is 0 Å². The van der Waals surface area contributed by atoms with Gasteiger partial charge in [-0.1, -0.05) is 30.3 Å². The molecule has 0 aliphatic carbocycles. The van der Waals surface area contributed by atoms with Crippen molar-refractivity contribution >= 4 is 23.8 Å². The van der Waals surface area contributed by atoms with Crippen LogP contribution in [0.4, 0.5) is 4.39 Å². The third-order valence-corrected chi connectivity index (χ3v) is 3.06. The Kier molecular flexibility index (Phi) is 6.00. The number of amides is 3. The van der Waals surface area contributed by atoms with E-state index in [-0.39, 0.29) is 11.3 Å². The molecule has 3 N–H and O–H groups in total. The number of nitrogens with one attached hydrogen (secondary N) is 3. The summed E-state index contributed by atoms with van der Waals surface area (Å²) in [7, 11) is 0. The minimum Gasteiger partial charge on any atom is -0.322 e. The highest BCUT2D eigenvalue weighted by atomic mass is 19.1. The van der Waals surface area contributed by atoms with Crippen molar-refractivity contribution in [3.05, 3.63) is 77.2 Å². The van der Waals surface area contributed by atoms with Crippen LogP contribution in [0.3, 0.4) is 0 Å². The van der Waals surface area contributed by atoms with E-state index in [0.717, 1.165) is 12.1 Å². The van der Waals surface area contributed by atoms with E-state index in [1.807, 2.05) is 6.07 Å². The Labute approximate surface area is 143 Å². The van der Waals surface area contributed by atoms with Gasteiger partial charge in [-0.2, -0.15) is 0 Å². The number of hydrazine groups is 1. The molecule has 2 aromatic rings. The van der Waals surface area contributed by atoms with Gasteiger partial charge in [-0.3, -0.25) is 25.2 Å². The molecule has 0 spiro atoms. The quantitative estimate of drug-likeness (QED) is 0.585. The fraction of sp³-hybridized carbons (Fsp3) is 0.0556. The van der Waals surface area contributed by atoms with Crippen molar-refractivity contribution in [2.45, 2.75) is 6.92 Å². The van der Waals surface area contributed by atoms with Gasteiger partial charge in [0, 0.05) is 12.5 Å². The van der Waals surface area contributed by atoms with Gasteiger partial charge in [0.25, 0.3) is 11.8 Å². The SMILES string of the molecule is CC(=O)N/C(=C\c1ccccc1)C(=O)NNC(=O)c1ccc(F)cc1. The van der Waals surface area contributed by atoms with Gasteiger partial charge < -0.3 is 5.32 Å². The molecule has 6 nitrogen and oxygen atoms in total. The van der Waals surface area contributed by atoms with Crippen molar-refractivity contribution in [1.29, 1.82) is 0 Å². The van der Waals surface area contributed by atoms with Crippen LogP contribution in [0.25, 0.3) is 6.08 Å². The maximum Gasteiger partial charge on any atom is 0.286 e. The van der Waals surface area contributed by atoms with E-state index in [2.05, 4.69) is 16.2 Å². The van der Waals surface area contributed by atoms with Crippen LogP contribution in [-0.2, 0) is 9.59 Å². The molecule has 2 aromatic carbocycles. The summed E-state index contributed by atoms with van der Waals surface area (Å²) in [6, 6.07) is 13.7. The standard InChI is InChI=1S/C18H16FN3O3/c1-12(23)20-16(11-13-5-3-2-4-6-13)18(25)22-21-17(24)14-7-9-15(19)10-8-14/h2-11H,1H3,(H,20,23)(H,21,24)(H,22,25)/b16-11-. The first kappa shape index (κ1) is 17.9. The highest BCUT2D eigenvalue weighted by Crippen LogP contribution is 2.05. The van der Waals surface area contributed by atoms with Crippen LogP contribution in [0.15, 0.2) is 60.3 Å². The molecular weight excluding hydrogens is 325 g/mol. The Bertz CT molecular complexity index is 802. The zero-order valence-electron chi connectivity index (χ0n) is 13.4. The lowest BCUT2D eigenvalue weighted by Gasteiger charge is -2.11. The van der Waals surface area contributed by atoms with Gasteiger partial charge >= 0.3 is 0 Å². The zero-order chi connectivity index (χ0) is 18.2. The maximum absolute atomic E-state index is 12.8. The molecule has 0 unspecified atom stereocenters. The van der Waals surface area contributed by atoms with E-state index in [9.17, 15) is 18.8 Å². The monoisotopic (exact) mass is 341 g/mol. The number of hydrogen-bond donors (Lipinski definition) is 3. The second kappa shape index (κ2) is 8.39. The van der Waals surface area contributed by atoms with E-state index in [4.69, 9.17) is 0 Å². The van der Waals surface area contributed by atoms with Crippen molar-refractivity contribution < 1.29 is 18.8 Å². The number of hydrogen-bond acceptors (Lipinski definition) is 3. The van der Waals surface area contributed by atoms with E-state index >= 15 is 0 Å². The number of carbonyl (C=O) groups is 3. The van der Waals surface area contributed by atoms with Crippen molar-refractivity contribution in [1.82, 2.24) is 16.2 Å². The lowest BCUT2D eigenvalue weighted by atomic mass is 10.2. The summed E-state index contributed by atoms with van der Waals surface area (Å²) in [6.45, 7) is 1.27. The second-order valence-electron chi connectivity index (χ2n) is 5.07. The first-order valence-corrected chi connectivity index (χ1v) is 7.36. The zero-order valence-corrected chi connectivity index (χ0v) is 13.4. The molecule has 0 aliphatic rings. The molecule has 0 radical (unpaired) electrons. The molecule has 25 heavy (non-hydrogen) atoms. The van der Waals surface area contributed by atoms with Gasteiger partial charge in [-0.15, -0.1) is 0 Å². The number of benzene rings is 2. The predicted molar refractivity (Wildman–Crippen MR) is 90.2 cm³/mol. The van der Waals surface area contributed by atoms with Crippen molar-refractivity contribution in [2.24, 2.45) is 0 Å². The Hall–Kier alpha value is -3.48. The first-order chi connectivity index (χ1) is 12.0. The normalized spacial score (nSPS) is 10.7. The minimum atomic E-state index is -0.700. The fourth-order valence-corrected chi connectivity index (χ4v) is 1.92. The average molecular weight is 341 g/mol. The predicted octanol–water partition coefficient (Wildman–Crippen LogP) is 1.76. The van der Waals surface area contributed by atoms with Crippen LogP contribution < -0.4 is 16.2 Å². The van der Waals surface area contributed by atoms with Crippen molar-refractivity contribution in [3.63, 3.8) is 0 Å². The third-order valence-electron chi connectivity index (χ3n) is 3.06. The molecule has 0 bridgehead atoms. The molecule has 0 fully saturated rings. The lowest BCUT2D eigenvalue weighted by Crippen LogP contribution is -2.44. The molecular formula is C18H16FN3O3. The molecule has 0 saturated carbocycles. The number of halogens is 1. The highest BCUT2D eigenvalue weighted by Gasteiger charge is 2.13. The summed E-state index contributed by atoms with van der Waals surface area (Å²) in [4.78, 5) is 35.4. The molecule has 3 amide bonds. The van der Waals surface area contributed by atoms with Gasteiger partial charge in [-0.05, 0) is 35.9 Å². The summed E-state index contributed by atoms with van der Waals surface area (Å²) >= 11 is 0. The topological polar surface area (TPSA) is 87.3 Å². The summed E-state index contributed by atoms with van der Waals surface area (Å²) in [5.41, 5.74) is 5.26. The molecule has 0 aliphatic heterocycles. The number of rotatable bonds is 4. The maximum atomic E-state index is 12.8. The minimum absolute atomic E-state index is 0.0295. The molecule has 7 heteroatoms. The van der Waals surface area contributed by atoms with E-state index in [1.165, 1.54) is 25.1 Å². The van der Waals surface area contributed by atoms with Gasteiger partial charge in [0.05, 0.1) is 0 Å². The van der Waals surface area contributed by atoms with Crippen LogP contribution in [0, 0.1) is 5.82 Å². The molecule has 0 atom stereocenters. The van der Waals surface area contributed by atoms with E-state index < -0.39 is 23.5 Å². The van der Waals surface area contributed by atoms with Crippen LogP contribution in [0.5, 0.6) is 0 Å². The largest absolute Gasteiger partial charge is 0.322 e. The van der Waals surface area contributed by atoms with E-state index in [0.29, 0.717) is 5.56 Å². The van der Waals surface area contributed by atoms with Crippen LogP contribution in [0.2, 0.25) is 0 Å². The Morgan fingerprint density at radius 2 is 1.56 bits per heavy atom. The summed E-state index contributed by atoms with van der Waals surface area (Å²) in [5, 5.41) is 2.41. The Morgan fingerprint density at radius 3 is 2.16 bits per heavy atom. The molecule has 0 aromatic heterocycles.